The lowest BCUT2D eigenvalue weighted by Crippen LogP contribution is -2.49. The highest BCUT2D eigenvalue weighted by molar-refractivity contribution is 5.79. The Kier molecular flexibility index (Phi) is 8.05. The number of carbonyl (C=O) groups excluding carboxylic acids is 2. The predicted molar refractivity (Wildman–Crippen MR) is 110 cm³/mol. The molecule has 0 aromatic carbocycles. The number of rotatable bonds is 9. The van der Waals surface area contributed by atoms with E-state index >= 15 is 0 Å². The number of hydrogen-bond acceptors (Lipinski definition) is 6. The molecule has 0 radical (unpaired) electrons. The minimum Gasteiger partial charge on any atom is -0.394 e. The first-order valence-electron chi connectivity index (χ1n) is 9.93. The van der Waals surface area contributed by atoms with Crippen molar-refractivity contribution < 1.29 is 19.4 Å². The van der Waals surface area contributed by atoms with Crippen LogP contribution in [0.25, 0.3) is 0 Å². The predicted octanol–water partition coefficient (Wildman–Crippen LogP) is 0.569. The fourth-order valence-corrected chi connectivity index (χ4v) is 3.19. The first-order chi connectivity index (χ1) is 14.6. The largest absolute Gasteiger partial charge is 0.394 e. The first-order valence-corrected chi connectivity index (χ1v) is 9.93. The number of hydrogen-bond donors (Lipinski definition) is 3. The molecular weight excluding hydrogens is 384 g/mol. The van der Waals surface area contributed by atoms with E-state index < -0.39 is 18.2 Å². The van der Waals surface area contributed by atoms with Gasteiger partial charge in [-0.3, -0.25) is 19.6 Å². The zero-order valence-electron chi connectivity index (χ0n) is 16.6. The zero-order chi connectivity index (χ0) is 21.2. The lowest BCUT2D eigenvalue weighted by molar-refractivity contribution is -0.128. The minimum atomic E-state index is -0.614. The van der Waals surface area contributed by atoms with Gasteiger partial charge < -0.3 is 20.5 Å². The van der Waals surface area contributed by atoms with Crippen LogP contribution >= 0.6 is 0 Å². The number of ether oxygens (including phenoxy) is 1. The third-order valence-electron chi connectivity index (χ3n) is 4.73. The van der Waals surface area contributed by atoms with Gasteiger partial charge in [-0.1, -0.05) is 18.2 Å². The molecule has 8 nitrogen and oxygen atoms in total. The molecular formula is C22H26N4O4. The van der Waals surface area contributed by atoms with Crippen molar-refractivity contribution in [1.29, 1.82) is 0 Å². The summed E-state index contributed by atoms with van der Waals surface area (Å²) in [4.78, 5) is 32.5. The molecule has 0 unspecified atom stereocenters. The average Bonchev–Trinajstić information content (AvgIpc) is 2.76. The van der Waals surface area contributed by atoms with Crippen molar-refractivity contribution >= 4 is 11.8 Å². The van der Waals surface area contributed by atoms with E-state index in [1.165, 1.54) is 0 Å². The van der Waals surface area contributed by atoms with Crippen molar-refractivity contribution in [2.24, 2.45) is 0 Å². The van der Waals surface area contributed by atoms with Crippen LogP contribution in [0.5, 0.6) is 0 Å². The van der Waals surface area contributed by atoms with Gasteiger partial charge in [0.2, 0.25) is 11.8 Å². The van der Waals surface area contributed by atoms with E-state index in [1.54, 1.807) is 42.9 Å². The van der Waals surface area contributed by atoms with Crippen molar-refractivity contribution in [3.05, 3.63) is 72.3 Å². The monoisotopic (exact) mass is 410 g/mol. The molecule has 1 aliphatic heterocycles. The van der Waals surface area contributed by atoms with Crippen molar-refractivity contribution in [3.63, 3.8) is 0 Å². The summed E-state index contributed by atoms with van der Waals surface area (Å²) in [6.07, 6.45) is 8.55. The van der Waals surface area contributed by atoms with Gasteiger partial charge in [-0.2, -0.15) is 0 Å². The van der Waals surface area contributed by atoms with Gasteiger partial charge >= 0.3 is 0 Å². The fourth-order valence-electron chi connectivity index (χ4n) is 3.19. The average molecular weight is 410 g/mol. The van der Waals surface area contributed by atoms with Gasteiger partial charge in [0, 0.05) is 30.8 Å². The molecule has 3 rings (SSSR count). The molecule has 2 aromatic heterocycles. The number of aliphatic hydroxyl groups excluding tert-OH is 1. The van der Waals surface area contributed by atoms with Crippen LogP contribution in [-0.4, -0.2) is 58.3 Å². The molecule has 3 heterocycles. The number of carbonyl (C=O) groups is 2. The SMILES string of the molecule is O=C(C[C@@H]1C=C[C@H](NC(=O)Cc2ccccn2)[C@@H](CO)O1)NCCc1ccncc1. The van der Waals surface area contributed by atoms with Crippen molar-refractivity contribution in [2.45, 2.75) is 37.5 Å². The molecule has 0 bridgehead atoms. The van der Waals surface area contributed by atoms with Gasteiger partial charge in [0.05, 0.1) is 31.6 Å². The molecule has 0 saturated carbocycles. The third kappa shape index (κ3) is 6.75. The van der Waals surface area contributed by atoms with Crippen molar-refractivity contribution in [2.75, 3.05) is 13.2 Å². The third-order valence-corrected chi connectivity index (χ3v) is 4.73. The number of aromatic nitrogens is 2. The molecule has 1 aliphatic rings. The maximum absolute atomic E-state index is 12.2. The Morgan fingerprint density at radius 2 is 1.90 bits per heavy atom. The molecule has 30 heavy (non-hydrogen) atoms. The summed E-state index contributed by atoms with van der Waals surface area (Å²) in [7, 11) is 0. The summed E-state index contributed by atoms with van der Waals surface area (Å²) in [5.41, 5.74) is 1.77. The second-order valence-electron chi connectivity index (χ2n) is 7.03. The van der Waals surface area contributed by atoms with Gasteiger partial charge in [0.1, 0.15) is 6.10 Å². The maximum atomic E-state index is 12.2. The summed E-state index contributed by atoms with van der Waals surface area (Å²) in [5.74, 6) is -0.342. The quantitative estimate of drug-likeness (QED) is 0.521. The summed E-state index contributed by atoms with van der Waals surface area (Å²) >= 11 is 0. The Bertz CT molecular complexity index is 845. The van der Waals surface area contributed by atoms with Crippen LogP contribution in [0.3, 0.4) is 0 Å². The number of nitrogens with one attached hydrogen (secondary N) is 2. The molecule has 2 amide bonds. The second-order valence-corrected chi connectivity index (χ2v) is 7.03. The number of aliphatic hydroxyl groups is 1. The lowest BCUT2D eigenvalue weighted by Gasteiger charge is -2.31. The van der Waals surface area contributed by atoms with E-state index in [-0.39, 0.29) is 31.3 Å². The van der Waals surface area contributed by atoms with Crippen molar-refractivity contribution in [1.82, 2.24) is 20.6 Å². The van der Waals surface area contributed by atoms with Crippen LogP contribution < -0.4 is 10.6 Å². The molecule has 0 aliphatic carbocycles. The van der Waals surface area contributed by atoms with Gasteiger partial charge in [0.25, 0.3) is 0 Å². The number of nitrogens with zero attached hydrogens (tertiary/aromatic N) is 2. The molecule has 8 heteroatoms. The molecule has 3 N–H and O–H groups in total. The Hall–Kier alpha value is -3.10. The van der Waals surface area contributed by atoms with Crippen LogP contribution in [0.2, 0.25) is 0 Å². The van der Waals surface area contributed by atoms with E-state index in [4.69, 9.17) is 4.74 Å². The lowest BCUT2D eigenvalue weighted by atomic mass is 10.0. The first kappa shape index (κ1) is 21.6. The van der Waals surface area contributed by atoms with Gasteiger partial charge in [0.15, 0.2) is 0 Å². The van der Waals surface area contributed by atoms with E-state index in [1.807, 2.05) is 18.2 Å². The molecule has 3 atom stereocenters. The van der Waals surface area contributed by atoms with Crippen LogP contribution in [0.1, 0.15) is 17.7 Å². The Labute approximate surface area is 175 Å². The number of pyridine rings is 2. The van der Waals surface area contributed by atoms with Gasteiger partial charge in [-0.25, -0.2) is 0 Å². The zero-order valence-corrected chi connectivity index (χ0v) is 16.6. The standard InChI is InChI=1S/C22H26N4O4/c27-15-20-19(26-22(29)13-17-3-1-2-9-24-17)5-4-18(30-20)14-21(28)25-12-8-16-6-10-23-11-7-16/h1-7,9-11,18-20,27H,8,12-15H2,(H,25,28)(H,26,29)/t18-,19-,20+/m0/s1. The summed E-state index contributed by atoms with van der Waals surface area (Å²) in [6, 6.07) is 8.75. The maximum Gasteiger partial charge on any atom is 0.226 e. The molecule has 0 saturated heterocycles. The Morgan fingerprint density at radius 1 is 1.07 bits per heavy atom. The summed E-state index contributed by atoms with van der Waals surface area (Å²) in [5, 5.41) is 15.4. The van der Waals surface area contributed by atoms with E-state index in [0.29, 0.717) is 12.2 Å². The second kappa shape index (κ2) is 11.2. The molecule has 0 fully saturated rings. The van der Waals surface area contributed by atoms with E-state index in [2.05, 4.69) is 20.6 Å². The highest BCUT2D eigenvalue weighted by Crippen LogP contribution is 2.16. The fraction of sp³-hybridized carbons (Fsp3) is 0.364. The summed E-state index contributed by atoms with van der Waals surface area (Å²) in [6.45, 7) is 0.258. The topological polar surface area (TPSA) is 113 Å². The highest BCUT2D eigenvalue weighted by atomic mass is 16.5. The van der Waals surface area contributed by atoms with Crippen molar-refractivity contribution in [3.8, 4) is 0 Å². The molecule has 0 spiro atoms. The Balaban J connectivity index is 1.44. The van der Waals surface area contributed by atoms with Gasteiger partial charge in [-0.05, 0) is 36.2 Å². The smallest absolute Gasteiger partial charge is 0.226 e. The Morgan fingerprint density at radius 3 is 2.63 bits per heavy atom. The normalized spacial score (nSPS) is 20.5. The van der Waals surface area contributed by atoms with Crippen LogP contribution in [0.15, 0.2) is 61.1 Å². The number of amides is 2. The van der Waals surface area contributed by atoms with Crippen LogP contribution in [-0.2, 0) is 27.2 Å². The minimum absolute atomic E-state index is 0.131. The van der Waals surface area contributed by atoms with E-state index in [0.717, 1.165) is 12.0 Å². The molecule has 2 aromatic rings. The van der Waals surface area contributed by atoms with E-state index in [9.17, 15) is 14.7 Å². The summed E-state index contributed by atoms with van der Waals surface area (Å²) < 4.78 is 5.80. The molecule has 158 valence electrons. The van der Waals surface area contributed by atoms with Crippen LogP contribution in [0, 0.1) is 0 Å². The highest BCUT2D eigenvalue weighted by Gasteiger charge is 2.29. The van der Waals surface area contributed by atoms with Gasteiger partial charge in [-0.15, -0.1) is 0 Å². The van der Waals surface area contributed by atoms with Crippen LogP contribution in [0.4, 0.5) is 0 Å².